The molecule has 140 valence electrons. The molecule has 0 aromatic heterocycles. The van der Waals surface area contributed by atoms with Gasteiger partial charge in [0.15, 0.2) is 6.04 Å². The molecular formula is C20H34N3O2+. The van der Waals surface area contributed by atoms with Gasteiger partial charge in [0.1, 0.15) is 0 Å². The van der Waals surface area contributed by atoms with Crippen LogP contribution in [0.15, 0.2) is 24.3 Å². The highest BCUT2D eigenvalue weighted by molar-refractivity contribution is 5.93. The molecule has 0 aliphatic carbocycles. The van der Waals surface area contributed by atoms with Gasteiger partial charge in [-0.25, -0.2) is 0 Å². The summed E-state index contributed by atoms with van der Waals surface area (Å²) in [7, 11) is 0. The Labute approximate surface area is 152 Å². The highest BCUT2D eigenvalue weighted by atomic mass is 16.5. The van der Waals surface area contributed by atoms with Gasteiger partial charge in [-0.2, -0.15) is 0 Å². The number of amides is 1. The quantitative estimate of drug-likeness (QED) is 0.674. The second kappa shape index (κ2) is 10.4. The first-order valence-corrected chi connectivity index (χ1v) is 9.67. The second-order valence-corrected chi connectivity index (χ2v) is 7.17. The minimum Gasteiger partial charge on any atom is -0.379 e. The number of carbonyl (C=O) groups is 1. The van der Waals surface area contributed by atoms with E-state index in [4.69, 9.17) is 4.74 Å². The lowest BCUT2D eigenvalue weighted by Gasteiger charge is -2.28. The molecule has 0 spiro atoms. The third-order valence-corrected chi connectivity index (χ3v) is 4.59. The largest absolute Gasteiger partial charge is 0.379 e. The van der Waals surface area contributed by atoms with Crippen LogP contribution in [-0.2, 0) is 9.53 Å². The summed E-state index contributed by atoms with van der Waals surface area (Å²) in [5.74, 6) is 0.0514. The molecular weight excluding hydrogens is 314 g/mol. The molecule has 5 nitrogen and oxygen atoms in total. The lowest BCUT2D eigenvalue weighted by Crippen LogP contribution is -2.91. The molecule has 1 amide bonds. The van der Waals surface area contributed by atoms with Gasteiger partial charge in [0.25, 0.3) is 5.91 Å². The Morgan fingerprint density at radius 2 is 1.84 bits per heavy atom. The molecule has 1 aliphatic heterocycles. The number of quaternary nitrogens is 1. The smallest absolute Gasteiger partial charge is 0.282 e. The van der Waals surface area contributed by atoms with Crippen molar-refractivity contribution in [2.45, 2.75) is 58.6 Å². The maximum atomic E-state index is 12.3. The predicted octanol–water partition coefficient (Wildman–Crippen LogP) is 2.38. The van der Waals surface area contributed by atoms with Gasteiger partial charge in [0, 0.05) is 30.9 Å². The van der Waals surface area contributed by atoms with Crippen molar-refractivity contribution < 1.29 is 14.8 Å². The first kappa shape index (κ1) is 19.7. The number of benzene rings is 1. The first-order chi connectivity index (χ1) is 12.1. The van der Waals surface area contributed by atoms with Gasteiger partial charge >= 0.3 is 0 Å². The highest BCUT2D eigenvalue weighted by Crippen LogP contribution is 2.21. The van der Waals surface area contributed by atoms with Crippen LogP contribution in [-0.4, -0.2) is 44.3 Å². The molecule has 0 bridgehead atoms. The highest BCUT2D eigenvalue weighted by Gasteiger charge is 2.16. The number of hydrogen-bond acceptors (Lipinski definition) is 3. The SMILES string of the molecule is CC(C)OCCC[NH2+][C@H](C)C(=O)Nc1ccc(N2CCCCC2)cc1. The third-order valence-electron chi connectivity index (χ3n) is 4.59. The fourth-order valence-corrected chi connectivity index (χ4v) is 3.04. The molecule has 1 aromatic carbocycles. The second-order valence-electron chi connectivity index (χ2n) is 7.17. The molecule has 1 aromatic rings. The van der Waals surface area contributed by atoms with Crippen LogP contribution in [0.3, 0.4) is 0 Å². The van der Waals surface area contributed by atoms with Gasteiger partial charge in [0.2, 0.25) is 0 Å². The maximum absolute atomic E-state index is 12.3. The van der Waals surface area contributed by atoms with Crippen LogP contribution in [0.25, 0.3) is 0 Å². The van der Waals surface area contributed by atoms with Crippen molar-refractivity contribution in [3.8, 4) is 0 Å². The molecule has 1 saturated heterocycles. The van der Waals surface area contributed by atoms with Gasteiger partial charge in [-0.15, -0.1) is 0 Å². The fraction of sp³-hybridized carbons (Fsp3) is 0.650. The van der Waals surface area contributed by atoms with Crippen LogP contribution in [0, 0.1) is 0 Å². The molecule has 0 radical (unpaired) electrons. The van der Waals surface area contributed by atoms with Gasteiger partial charge in [-0.05, 0) is 64.3 Å². The molecule has 1 atom stereocenters. The molecule has 3 N–H and O–H groups in total. The fourth-order valence-electron chi connectivity index (χ4n) is 3.04. The zero-order chi connectivity index (χ0) is 18.1. The van der Waals surface area contributed by atoms with Crippen molar-refractivity contribution in [3.05, 3.63) is 24.3 Å². The number of anilines is 2. The van der Waals surface area contributed by atoms with Crippen LogP contribution in [0.5, 0.6) is 0 Å². The summed E-state index contributed by atoms with van der Waals surface area (Å²) in [6.45, 7) is 9.94. The van der Waals surface area contributed by atoms with Crippen molar-refractivity contribution in [1.82, 2.24) is 0 Å². The summed E-state index contributed by atoms with van der Waals surface area (Å²) in [6, 6.07) is 8.13. The molecule has 1 aliphatic rings. The van der Waals surface area contributed by atoms with Crippen molar-refractivity contribution >= 4 is 17.3 Å². The van der Waals surface area contributed by atoms with E-state index in [-0.39, 0.29) is 18.1 Å². The molecule has 0 unspecified atom stereocenters. The van der Waals surface area contributed by atoms with E-state index in [9.17, 15) is 4.79 Å². The normalized spacial score (nSPS) is 16.1. The minimum absolute atomic E-state index is 0.0514. The van der Waals surface area contributed by atoms with Crippen LogP contribution in [0.2, 0.25) is 0 Å². The Bertz CT molecular complexity index is 510. The van der Waals surface area contributed by atoms with Gasteiger partial charge < -0.3 is 20.3 Å². The van der Waals surface area contributed by atoms with E-state index in [1.807, 2.05) is 32.9 Å². The number of nitrogens with one attached hydrogen (secondary N) is 1. The van der Waals surface area contributed by atoms with E-state index in [0.717, 1.165) is 38.3 Å². The molecule has 5 heteroatoms. The molecule has 1 heterocycles. The standard InChI is InChI=1S/C20H33N3O2/c1-16(2)25-15-7-12-21-17(3)20(24)22-18-8-10-19(11-9-18)23-13-5-4-6-14-23/h8-11,16-17,21H,4-7,12-15H2,1-3H3,(H,22,24)/p+1/t17-/m1/s1. The summed E-state index contributed by atoms with van der Waals surface area (Å²) >= 11 is 0. The third kappa shape index (κ3) is 7.04. The van der Waals surface area contributed by atoms with E-state index in [1.54, 1.807) is 0 Å². The Morgan fingerprint density at radius 3 is 2.48 bits per heavy atom. The number of piperidine rings is 1. The summed E-state index contributed by atoms with van der Waals surface area (Å²) in [4.78, 5) is 14.7. The van der Waals surface area contributed by atoms with Crippen LogP contribution < -0.4 is 15.5 Å². The number of hydrogen-bond donors (Lipinski definition) is 2. The van der Waals surface area contributed by atoms with E-state index in [0.29, 0.717) is 0 Å². The minimum atomic E-state index is -0.0965. The van der Waals surface area contributed by atoms with Crippen molar-refractivity contribution in [2.24, 2.45) is 0 Å². The molecule has 2 rings (SSSR count). The first-order valence-electron chi connectivity index (χ1n) is 9.67. The van der Waals surface area contributed by atoms with E-state index in [2.05, 4.69) is 27.7 Å². The summed E-state index contributed by atoms with van der Waals surface area (Å²) in [5.41, 5.74) is 2.12. The van der Waals surface area contributed by atoms with Crippen LogP contribution in [0.4, 0.5) is 11.4 Å². The van der Waals surface area contributed by atoms with Gasteiger partial charge in [-0.3, -0.25) is 4.79 Å². The Kier molecular flexibility index (Phi) is 8.22. The maximum Gasteiger partial charge on any atom is 0.282 e. The average Bonchev–Trinajstić information content (AvgIpc) is 2.62. The Hall–Kier alpha value is -1.59. The Balaban J connectivity index is 1.72. The average molecular weight is 349 g/mol. The molecule has 0 saturated carbocycles. The number of ether oxygens (including phenoxy) is 1. The van der Waals surface area contributed by atoms with E-state index >= 15 is 0 Å². The van der Waals surface area contributed by atoms with Gasteiger partial charge in [-0.1, -0.05) is 0 Å². The van der Waals surface area contributed by atoms with Crippen LogP contribution in [0.1, 0.15) is 46.5 Å². The molecule has 25 heavy (non-hydrogen) atoms. The summed E-state index contributed by atoms with van der Waals surface area (Å²) < 4.78 is 5.52. The summed E-state index contributed by atoms with van der Waals surface area (Å²) in [6.07, 6.45) is 5.11. The lowest BCUT2D eigenvalue weighted by molar-refractivity contribution is -0.673. The number of rotatable bonds is 9. The van der Waals surface area contributed by atoms with Crippen molar-refractivity contribution in [3.63, 3.8) is 0 Å². The van der Waals surface area contributed by atoms with Crippen molar-refractivity contribution in [1.29, 1.82) is 0 Å². The van der Waals surface area contributed by atoms with Gasteiger partial charge in [0.05, 0.1) is 19.3 Å². The van der Waals surface area contributed by atoms with Crippen LogP contribution >= 0.6 is 0 Å². The Morgan fingerprint density at radius 1 is 1.16 bits per heavy atom. The van der Waals surface area contributed by atoms with E-state index < -0.39 is 0 Å². The zero-order valence-corrected chi connectivity index (χ0v) is 16.0. The number of nitrogens with two attached hydrogens (primary N) is 1. The summed E-state index contributed by atoms with van der Waals surface area (Å²) in [5, 5.41) is 5.08. The van der Waals surface area contributed by atoms with Crippen molar-refractivity contribution in [2.75, 3.05) is 36.5 Å². The topological polar surface area (TPSA) is 58.2 Å². The number of carbonyl (C=O) groups excluding carboxylic acids is 1. The monoisotopic (exact) mass is 348 g/mol. The number of nitrogens with zero attached hydrogens (tertiary/aromatic N) is 1. The zero-order valence-electron chi connectivity index (χ0n) is 16.0. The lowest BCUT2D eigenvalue weighted by atomic mass is 10.1. The van der Waals surface area contributed by atoms with E-state index in [1.165, 1.54) is 24.9 Å². The predicted molar refractivity (Wildman–Crippen MR) is 103 cm³/mol. The molecule has 1 fully saturated rings.